The Morgan fingerprint density at radius 3 is 2.36 bits per heavy atom. The van der Waals surface area contributed by atoms with Gasteiger partial charge in [0.15, 0.2) is 0 Å². The van der Waals surface area contributed by atoms with Crippen molar-refractivity contribution >= 4 is 7.28 Å². The summed E-state index contributed by atoms with van der Waals surface area (Å²) < 4.78 is 12.0. The molecule has 0 unspecified atom stereocenters. The molecule has 0 amide bonds. The molecule has 0 atom stereocenters. The molecule has 2 heteroatoms. The third kappa shape index (κ3) is 4.64. The Morgan fingerprint density at radius 1 is 1.36 bits per heavy atom. The number of unbranched alkanes of at least 4 members (excludes halogenated alkanes) is 1. The second-order valence-electron chi connectivity index (χ2n) is 3.72. The highest BCUT2D eigenvalue weighted by molar-refractivity contribution is 6.43. The largest absolute Gasteiger partial charge is 0.251 e. The molecule has 0 rings (SSSR count). The fourth-order valence-corrected chi connectivity index (χ4v) is 1.76. The van der Waals surface area contributed by atoms with Gasteiger partial charge in [-0.1, -0.05) is 31.5 Å². The van der Waals surface area contributed by atoms with Gasteiger partial charge < -0.3 is 0 Å². The summed E-state index contributed by atoms with van der Waals surface area (Å²) in [6.07, 6.45) is 3.71. The number of hydrogen-bond donors (Lipinski definition) is 0. The van der Waals surface area contributed by atoms with Gasteiger partial charge in [0.2, 0.25) is 0 Å². The summed E-state index contributed by atoms with van der Waals surface area (Å²) in [7, 11) is 1.09. The molecule has 14 heavy (non-hydrogen) atoms. The van der Waals surface area contributed by atoms with Crippen LogP contribution in [0.3, 0.4) is 0 Å². The van der Waals surface area contributed by atoms with Crippen LogP contribution >= 0.6 is 0 Å². The van der Waals surface area contributed by atoms with Crippen LogP contribution in [0.2, 0.25) is 6.82 Å². The smallest absolute Gasteiger partial charge is 0.149 e. The molecule has 0 spiro atoms. The average Bonchev–Trinajstić information content (AvgIpc) is 2.17. The second kappa shape index (κ2) is 7.84. The van der Waals surface area contributed by atoms with Crippen LogP contribution in [0.4, 0.5) is 4.39 Å². The van der Waals surface area contributed by atoms with Crippen molar-refractivity contribution in [3.63, 3.8) is 0 Å². The molecule has 0 N–H and O–H groups in total. The first kappa shape index (κ1) is 13.5. The molecule has 0 saturated carbocycles. The molecule has 0 bridgehead atoms. The van der Waals surface area contributed by atoms with E-state index in [4.69, 9.17) is 0 Å². The Morgan fingerprint density at radius 2 is 2.00 bits per heavy atom. The van der Waals surface area contributed by atoms with Gasteiger partial charge in [0.05, 0.1) is 6.67 Å². The van der Waals surface area contributed by atoms with E-state index in [9.17, 15) is 4.39 Å². The maximum Gasteiger partial charge on any atom is 0.149 e. The fourth-order valence-electron chi connectivity index (χ4n) is 1.76. The van der Waals surface area contributed by atoms with E-state index in [1.807, 2.05) is 0 Å². The monoisotopic (exact) mass is 196 g/mol. The minimum absolute atomic E-state index is 0.197. The molecule has 0 aliphatic carbocycles. The van der Waals surface area contributed by atoms with E-state index < -0.39 is 0 Å². The molecule has 0 aliphatic heterocycles. The number of rotatable bonds is 7. The summed E-state index contributed by atoms with van der Waals surface area (Å²) in [6, 6.07) is 0. The van der Waals surface area contributed by atoms with Crippen molar-refractivity contribution in [2.75, 3.05) is 6.67 Å². The number of alkyl halides is 1. The molecule has 0 radical (unpaired) electrons. The third-order valence-corrected chi connectivity index (χ3v) is 2.61. The molecular weight excluding hydrogens is 174 g/mol. The minimum atomic E-state index is -0.197. The minimum Gasteiger partial charge on any atom is -0.251 e. The van der Waals surface area contributed by atoms with Gasteiger partial charge in [0, 0.05) is 0 Å². The normalized spacial score (nSPS) is 12.3. The van der Waals surface area contributed by atoms with Crippen molar-refractivity contribution in [3.8, 4) is 0 Å². The predicted molar refractivity (Wildman–Crippen MR) is 65.0 cm³/mol. The molecule has 0 aliphatic rings. The summed E-state index contributed by atoms with van der Waals surface area (Å²) in [4.78, 5) is 0. The van der Waals surface area contributed by atoms with E-state index in [-0.39, 0.29) is 6.67 Å². The molecule has 0 saturated heterocycles. The zero-order valence-electron chi connectivity index (χ0n) is 9.83. The Hall–Kier alpha value is -0.525. The zero-order chi connectivity index (χ0) is 11.0. The summed E-state index contributed by atoms with van der Waals surface area (Å²) in [5.41, 5.74) is 4.02. The van der Waals surface area contributed by atoms with Gasteiger partial charge in [-0.3, -0.25) is 4.39 Å². The van der Waals surface area contributed by atoms with E-state index in [1.165, 1.54) is 11.0 Å². The van der Waals surface area contributed by atoms with Crippen LogP contribution in [-0.2, 0) is 0 Å². The summed E-state index contributed by atoms with van der Waals surface area (Å²) >= 11 is 0. The molecule has 0 heterocycles. The Balaban J connectivity index is 4.41. The summed E-state index contributed by atoms with van der Waals surface area (Å²) in [5.74, 6) is 0. The van der Waals surface area contributed by atoms with Crippen molar-refractivity contribution in [2.45, 2.75) is 46.4 Å². The van der Waals surface area contributed by atoms with Gasteiger partial charge in [-0.25, -0.2) is 0 Å². The lowest BCUT2D eigenvalue weighted by atomic mass is 9.67. The van der Waals surface area contributed by atoms with Crippen LogP contribution in [0, 0.1) is 0 Å². The van der Waals surface area contributed by atoms with E-state index in [0.29, 0.717) is 6.42 Å². The third-order valence-electron chi connectivity index (χ3n) is 2.61. The number of halogens is 1. The van der Waals surface area contributed by atoms with Crippen molar-refractivity contribution in [2.24, 2.45) is 0 Å². The Kier molecular flexibility index (Phi) is 7.55. The van der Waals surface area contributed by atoms with Gasteiger partial charge in [-0.05, 0) is 32.6 Å². The van der Waals surface area contributed by atoms with E-state index in [1.54, 1.807) is 0 Å². The predicted octanol–water partition coefficient (Wildman–Crippen LogP) is 3.85. The molecule has 80 valence electrons. The van der Waals surface area contributed by atoms with Gasteiger partial charge >= 0.3 is 0 Å². The number of allylic oxidation sites excluding steroid dienone is 3. The summed E-state index contributed by atoms with van der Waals surface area (Å²) in [5, 5.41) is 0. The van der Waals surface area contributed by atoms with Gasteiger partial charge in [-0.2, -0.15) is 0 Å². The molecule has 0 nitrogen and oxygen atoms in total. The first-order chi connectivity index (χ1) is 6.67. The maximum absolute atomic E-state index is 12.0. The molecule has 0 aromatic heterocycles. The van der Waals surface area contributed by atoms with Crippen molar-refractivity contribution in [1.29, 1.82) is 0 Å². The highest BCUT2D eigenvalue weighted by Gasteiger charge is 2.04. The first-order valence-corrected chi connectivity index (χ1v) is 5.60. The highest BCUT2D eigenvalue weighted by Crippen LogP contribution is 2.21. The second-order valence-corrected chi connectivity index (χ2v) is 3.72. The SMILES string of the molecule is C=C(C)/C(CCCCF)=C(\BC)CC. The van der Waals surface area contributed by atoms with Gasteiger partial charge in [-0.15, -0.1) is 5.47 Å². The standard InChI is InChI=1S/C12H22BF/c1-5-12(13-4)11(10(2)3)8-6-7-9-14/h13H,2,5-9H2,1,3-4H3/b12-11-. The van der Waals surface area contributed by atoms with Crippen LogP contribution in [0.15, 0.2) is 23.2 Å². The maximum atomic E-state index is 12.0. The van der Waals surface area contributed by atoms with Crippen molar-refractivity contribution in [1.82, 2.24) is 0 Å². The van der Waals surface area contributed by atoms with Gasteiger partial charge in [0.1, 0.15) is 7.28 Å². The van der Waals surface area contributed by atoms with E-state index in [2.05, 4.69) is 27.2 Å². The van der Waals surface area contributed by atoms with Crippen LogP contribution in [-0.4, -0.2) is 14.0 Å². The lowest BCUT2D eigenvalue weighted by Gasteiger charge is -2.12. The Bertz CT molecular complexity index is 200. The van der Waals surface area contributed by atoms with Crippen LogP contribution in [0.5, 0.6) is 0 Å². The molecular formula is C12H22BF. The van der Waals surface area contributed by atoms with E-state index in [0.717, 1.165) is 32.1 Å². The topological polar surface area (TPSA) is 0 Å². The Labute approximate surface area is 88.5 Å². The zero-order valence-corrected chi connectivity index (χ0v) is 9.83. The van der Waals surface area contributed by atoms with Crippen molar-refractivity contribution in [3.05, 3.63) is 23.2 Å². The molecule has 0 aromatic rings. The lowest BCUT2D eigenvalue weighted by Crippen LogP contribution is -1.99. The first-order valence-electron chi connectivity index (χ1n) is 5.60. The lowest BCUT2D eigenvalue weighted by molar-refractivity contribution is 0.462. The fraction of sp³-hybridized carbons (Fsp3) is 0.667. The van der Waals surface area contributed by atoms with E-state index >= 15 is 0 Å². The highest BCUT2D eigenvalue weighted by atomic mass is 19.1. The number of hydrogen-bond acceptors (Lipinski definition) is 0. The van der Waals surface area contributed by atoms with Crippen LogP contribution < -0.4 is 0 Å². The van der Waals surface area contributed by atoms with Gasteiger partial charge in [0.25, 0.3) is 0 Å². The van der Waals surface area contributed by atoms with Crippen molar-refractivity contribution < 1.29 is 4.39 Å². The van der Waals surface area contributed by atoms with Crippen LogP contribution in [0.1, 0.15) is 39.5 Å². The molecule has 0 fully saturated rings. The average molecular weight is 196 g/mol. The quantitative estimate of drug-likeness (QED) is 0.329. The van der Waals surface area contributed by atoms with Crippen LogP contribution in [0.25, 0.3) is 0 Å². The molecule has 0 aromatic carbocycles. The summed E-state index contributed by atoms with van der Waals surface area (Å²) in [6.45, 7) is 10.2.